The van der Waals surface area contributed by atoms with Gasteiger partial charge in [0.1, 0.15) is 0 Å². The molecule has 0 saturated heterocycles. The van der Waals surface area contributed by atoms with Gasteiger partial charge in [-0.25, -0.2) is 0 Å². The fraction of sp³-hybridized carbons (Fsp3) is 0.333. The van der Waals surface area contributed by atoms with E-state index in [1.54, 1.807) is 0 Å². The molecule has 2 nitrogen and oxygen atoms in total. The molecule has 21 heavy (non-hydrogen) atoms. The highest BCUT2D eigenvalue weighted by Gasteiger charge is 2.10. The lowest BCUT2D eigenvalue weighted by atomic mass is 10.00. The number of aryl methyl sites for hydroxylation is 3. The van der Waals surface area contributed by atoms with E-state index in [0.717, 1.165) is 12.2 Å². The number of nitrogens with two attached hydrogens (primary N) is 1. The van der Waals surface area contributed by atoms with Gasteiger partial charge in [0, 0.05) is 16.7 Å². The van der Waals surface area contributed by atoms with Crippen LogP contribution < -0.4 is 11.3 Å². The number of nitrogens with one attached hydrogen (secondary N) is 1. The van der Waals surface area contributed by atoms with Gasteiger partial charge in [0.05, 0.1) is 0 Å². The Kier molecular flexibility index (Phi) is 5.85. The highest BCUT2D eigenvalue weighted by molar-refractivity contribution is 7.99. The van der Waals surface area contributed by atoms with E-state index in [-0.39, 0.29) is 6.04 Å². The zero-order chi connectivity index (χ0) is 15.2. The van der Waals surface area contributed by atoms with Crippen LogP contribution in [0.15, 0.2) is 47.4 Å². The number of hydrazine groups is 1. The molecule has 0 saturated carbocycles. The van der Waals surface area contributed by atoms with Gasteiger partial charge >= 0.3 is 0 Å². The van der Waals surface area contributed by atoms with Crippen LogP contribution in [0.5, 0.6) is 0 Å². The molecule has 1 atom stereocenters. The summed E-state index contributed by atoms with van der Waals surface area (Å²) in [5.74, 6) is 6.71. The van der Waals surface area contributed by atoms with Gasteiger partial charge in [-0.1, -0.05) is 41.5 Å². The molecule has 0 aromatic heterocycles. The molecule has 0 aliphatic carbocycles. The third-order valence-corrected chi connectivity index (χ3v) is 4.80. The topological polar surface area (TPSA) is 38.0 Å². The second-order valence-corrected chi connectivity index (χ2v) is 6.72. The van der Waals surface area contributed by atoms with Gasteiger partial charge in [0.15, 0.2) is 0 Å². The molecule has 0 spiro atoms. The van der Waals surface area contributed by atoms with Crippen LogP contribution in [0.25, 0.3) is 0 Å². The summed E-state index contributed by atoms with van der Waals surface area (Å²) in [7, 11) is 0. The Labute approximate surface area is 132 Å². The maximum absolute atomic E-state index is 5.74. The van der Waals surface area contributed by atoms with Crippen molar-refractivity contribution in [3.63, 3.8) is 0 Å². The van der Waals surface area contributed by atoms with Crippen LogP contribution in [0.3, 0.4) is 0 Å². The van der Waals surface area contributed by atoms with Gasteiger partial charge in [0.25, 0.3) is 0 Å². The van der Waals surface area contributed by atoms with Gasteiger partial charge < -0.3 is 0 Å². The third-order valence-electron chi connectivity index (χ3n) is 3.65. The van der Waals surface area contributed by atoms with Crippen molar-refractivity contribution in [1.29, 1.82) is 0 Å². The summed E-state index contributed by atoms with van der Waals surface area (Å²) in [5, 5.41) is 0. The Hall–Kier alpha value is -1.29. The first kappa shape index (κ1) is 16.1. The van der Waals surface area contributed by atoms with Crippen LogP contribution in [-0.2, 0) is 6.42 Å². The minimum atomic E-state index is 0.274. The number of hydrogen-bond acceptors (Lipinski definition) is 3. The van der Waals surface area contributed by atoms with E-state index < -0.39 is 0 Å². The predicted molar refractivity (Wildman–Crippen MR) is 92.6 cm³/mol. The molecule has 0 heterocycles. The van der Waals surface area contributed by atoms with Crippen LogP contribution in [0, 0.1) is 20.8 Å². The van der Waals surface area contributed by atoms with Crippen molar-refractivity contribution in [1.82, 2.24) is 5.43 Å². The number of thioether (sulfide) groups is 1. The second-order valence-electron chi connectivity index (χ2n) is 5.63. The van der Waals surface area contributed by atoms with Gasteiger partial charge in [0.2, 0.25) is 0 Å². The minimum absolute atomic E-state index is 0.274. The van der Waals surface area contributed by atoms with E-state index in [4.69, 9.17) is 5.84 Å². The zero-order valence-corrected chi connectivity index (χ0v) is 13.8. The van der Waals surface area contributed by atoms with Gasteiger partial charge in [-0.2, -0.15) is 0 Å². The quantitative estimate of drug-likeness (QED) is 0.484. The van der Waals surface area contributed by atoms with Gasteiger partial charge in [-0.05, 0) is 50.5 Å². The smallest absolute Gasteiger partial charge is 0.0345 e. The van der Waals surface area contributed by atoms with E-state index in [0.29, 0.717) is 0 Å². The Bertz CT molecular complexity index is 596. The van der Waals surface area contributed by atoms with Crippen LogP contribution in [0.2, 0.25) is 0 Å². The van der Waals surface area contributed by atoms with Crippen molar-refractivity contribution in [2.75, 3.05) is 5.75 Å². The third kappa shape index (κ3) is 4.88. The molecule has 2 rings (SSSR count). The number of hydrogen-bond donors (Lipinski definition) is 2. The Morgan fingerprint density at radius 3 is 2.52 bits per heavy atom. The van der Waals surface area contributed by atoms with Crippen LogP contribution in [-0.4, -0.2) is 11.8 Å². The van der Waals surface area contributed by atoms with E-state index in [9.17, 15) is 0 Å². The van der Waals surface area contributed by atoms with E-state index in [1.165, 1.54) is 27.1 Å². The van der Waals surface area contributed by atoms with Crippen molar-refractivity contribution >= 4 is 11.8 Å². The number of rotatable bonds is 6. The van der Waals surface area contributed by atoms with Crippen molar-refractivity contribution < 1.29 is 0 Å². The maximum atomic E-state index is 5.74. The highest BCUT2D eigenvalue weighted by atomic mass is 32.2. The summed E-state index contributed by atoms with van der Waals surface area (Å²) < 4.78 is 0. The molecular formula is C18H24N2S. The minimum Gasteiger partial charge on any atom is -0.271 e. The average Bonchev–Trinajstić information content (AvgIpc) is 2.47. The lowest BCUT2D eigenvalue weighted by Crippen LogP contribution is -2.38. The van der Waals surface area contributed by atoms with Gasteiger partial charge in [-0.15, -0.1) is 11.8 Å². The molecule has 0 radical (unpaired) electrons. The molecule has 0 amide bonds. The van der Waals surface area contributed by atoms with Gasteiger partial charge in [-0.3, -0.25) is 11.3 Å². The standard InChI is InChI=1S/C18H24N2S/c1-13-5-4-6-18(10-13)21-12-17(20-19)11-16-9-14(2)7-8-15(16)3/h4-10,17,20H,11-12,19H2,1-3H3. The van der Waals surface area contributed by atoms with E-state index in [2.05, 4.69) is 68.7 Å². The van der Waals surface area contributed by atoms with Crippen LogP contribution in [0.1, 0.15) is 22.3 Å². The first-order valence-electron chi connectivity index (χ1n) is 7.30. The molecule has 0 bridgehead atoms. The van der Waals surface area contributed by atoms with E-state index >= 15 is 0 Å². The lowest BCUT2D eigenvalue weighted by molar-refractivity contribution is 0.574. The van der Waals surface area contributed by atoms with Crippen molar-refractivity contribution in [2.45, 2.75) is 38.1 Å². The van der Waals surface area contributed by atoms with Crippen LogP contribution >= 0.6 is 11.8 Å². The summed E-state index contributed by atoms with van der Waals surface area (Å²) in [5.41, 5.74) is 8.27. The van der Waals surface area contributed by atoms with Crippen molar-refractivity contribution in [3.05, 3.63) is 64.7 Å². The normalized spacial score (nSPS) is 12.4. The zero-order valence-electron chi connectivity index (χ0n) is 13.0. The predicted octanol–water partition coefficient (Wildman–Crippen LogP) is 3.78. The SMILES string of the molecule is Cc1cccc(SCC(Cc2cc(C)ccc2C)NN)c1. The monoisotopic (exact) mass is 300 g/mol. The van der Waals surface area contributed by atoms with Crippen molar-refractivity contribution in [3.8, 4) is 0 Å². The molecule has 3 heteroatoms. The fourth-order valence-electron chi connectivity index (χ4n) is 2.35. The molecule has 112 valence electrons. The summed E-state index contributed by atoms with van der Waals surface area (Å²) in [4.78, 5) is 1.30. The summed E-state index contributed by atoms with van der Waals surface area (Å²) in [6.07, 6.45) is 0.961. The molecule has 0 fully saturated rings. The molecular weight excluding hydrogens is 276 g/mol. The molecule has 0 aliphatic rings. The largest absolute Gasteiger partial charge is 0.271 e. The molecule has 1 unspecified atom stereocenters. The Balaban J connectivity index is 1.98. The first-order chi connectivity index (χ1) is 10.1. The average molecular weight is 300 g/mol. The summed E-state index contributed by atoms with van der Waals surface area (Å²) in [6.45, 7) is 6.42. The van der Waals surface area contributed by atoms with E-state index in [1.807, 2.05) is 11.8 Å². The first-order valence-corrected chi connectivity index (χ1v) is 8.29. The molecule has 3 N–H and O–H groups in total. The molecule has 2 aromatic carbocycles. The fourth-order valence-corrected chi connectivity index (χ4v) is 3.41. The maximum Gasteiger partial charge on any atom is 0.0345 e. The summed E-state index contributed by atoms with van der Waals surface area (Å²) >= 11 is 1.85. The Morgan fingerprint density at radius 1 is 1.05 bits per heavy atom. The lowest BCUT2D eigenvalue weighted by Gasteiger charge is -2.17. The summed E-state index contributed by atoms with van der Waals surface area (Å²) in [6, 6.07) is 15.5. The number of benzene rings is 2. The Morgan fingerprint density at radius 2 is 1.81 bits per heavy atom. The van der Waals surface area contributed by atoms with Crippen LogP contribution in [0.4, 0.5) is 0 Å². The molecule has 2 aromatic rings. The van der Waals surface area contributed by atoms with Crippen molar-refractivity contribution in [2.24, 2.45) is 5.84 Å². The molecule has 0 aliphatic heterocycles. The second kappa shape index (κ2) is 7.64. The highest BCUT2D eigenvalue weighted by Crippen LogP contribution is 2.21.